The Morgan fingerprint density at radius 1 is 0.303 bits per heavy atom. The molecule has 0 saturated carbocycles. The summed E-state index contributed by atoms with van der Waals surface area (Å²) in [5, 5.41) is 6.18. The van der Waals surface area contributed by atoms with E-state index in [2.05, 4.69) is 182 Å². The maximum atomic E-state index is 3.42. The van der Waals surface area contributed by atoms with Crippen molar-refractivity contribution in [2.24, 2.45) is 26.7 Å². The second-order valence-electron chi connectivity index (χ2n) is 16.3. The van der Waals surface area contributed by atoms with Crippen LogP contribution in [0.3, 0.4) is 0 Å². The summed E-state index contributed by atoms with van der Waals surface area (Å²) in [5.41, 5.74) is 11.3. The van der Waals surface area contributed by atoms with E-state index in [9.17, 15) is 0 Å². The average Bonchev–Trinajstić information content (AvgIpc) is 4.18. The fourth-order valence-electron chi connectivity index (χ4n) is 5.13. The number of hydrogen-bond donors (Lipinski definition) is 0. The SMILES string of the molecule is C[B]C.C[B]C.C[B]C.C[B]C.Cc1[c-]p(C)c(C)c1C.Cc1[c-]p(C)c(C)c1C.Cc1[c-]p(C)c(C)c1C.Cc1[c-]p(C)c(C)c1C.[C-]1=CC=CC1.[C-]1=CC=CC1.[C-]1=CC=CC1.[C-]1=CC=CC1.[Cl-].[Cl-].[Cl-].[Cl-].[Ti+2].[Ti+2].[Ti+2].[Ti+2]. The van der Waals surface area contributed by atoms with E-state index >= 15 is 0 Å². The van der Waals surface area contributed by atoms with Crippen LogP contribution in [0.5, 0.6) is 0 Å². The maximum Gasteiger partial charge on any atom is 2.00 e. The first-order chi connectivity index (χ1) is 32.2. The second-order valence-corrected chi connectivity index (χ2v) is 24.4. The van der Waals surface area contributed by atoms with E-state index in [1.165, 1.54) is 44.5 Å². The molecule has 0 aromatic carbocycles. The van der Waals surface area contributed by atoms with Crippen LogP contribution in [0, 0.1) is 131 Å². The molecule has 0 amide bonds. The van der Waals surface area contributed by atoms with Gasteiger partial charge in [-0.05, 0) is 26.7 Å². The van der Waals surface area contributed by atoms with Gasteiger partial charge >= 0.3 is 86.9 Å². The van der Waals surface area contributed by atoms with Crippen molar-refractivity contribution >= 4 is 59.3 Å². The monoisotopic (exact) mass is 1310 g/mol. The van der Waals surface area contributed by atoms with Gasteiger partial charge in [0.25, 0.3) is 0 Å². The van der Waals surface area contributed by atoms with Crippen molar-refractivity contribution in [3.05, 3.63) is 186 Å². The van der Waals surface area contributed by atoms with Crippen LogP contribution in [0.25, 0.3) is 0 Å². The van der Waals surface area contributed by atoms with E-state index in [-0.39, 0.29) is 167 Å². The van der Waals surface area contributed by atoms with Gasteiger partial charge in [0.2, 0.25) is 0 Å². The molecule has 4 aliphatic rings. The summed E-state index contributed by atoms with van der Waals surface area (Å²) >= 11 is 0. The first kappa shape index (κ1) is 106. The normalized spacial score (nSPS) is 11.2. The largest absolute Gasteiger partial charge is 2.00 e. The zero-order chi connectivity index (χ0) is 53.0. The molecule has 4 aromatic rings. The Labute approximate surface area is 565 Å². The van der Waals surface area contributed by atoms with Crippen LogP contribution < -0.4 is 49.6 Å². The summed E-state index contributed by atoms with van der Waals surface area (Å²) in [6.45, 7) is 51.2. The third-order valence-electron chi connectivity index (χ3n) is 10.1. The molecule has 0 aliphatic heterocycles. The van der Waals surface area contributed by atoms with Crippen molar-refractivity contribution in [2.75, 3.05) is 0 Å². The quantitative estimate of drug-likeness (QED) is 0.124. The Kier molecular flexibility index (Phi) is 101. The summed E-state index contributed by atoms with van der Waals surface area (Å²) in [6.07, 6.45) is 40.0. The van der Waals surface area contributed by atoms with Crippen LogP contribution in [-0.4, -0.2) is 29.1 Å². The third kappa shape index (κ3) is 57.1. The van der Waals surface area contributed by atoms with E-state index < -0.39 is 0 Å². The Bertz CT molecular complexity index is 1700. The Hall–Kier alpha value is 1.32. The molecule has 4 atom stereocenters. The molecule has 4 aliphatic carbocycles. The van der Waals surface area contributed by atoms with E-state index in [4.69, 9.17) is 0 Å². The molecule has 0 spiro atoms. The van der Waals surface area contributed by atoms with Gasteiger partial charge in [-0.1, -0.05) is 138 Å². The van der Waals surface area contributed by atoms with Crippen LogP contribution >= 0.6 is 30.1 Å². The number of aryl methyl sites for hydroxylation is 8. The summed E-state index contributed by atoms with van der Waals surface area (Å²) in [5.74, 6) is 13.7. The van der Waals surface area contributed by atoms with Crippen LogP contribution in [-0.2, 0) is 114 Å². The minimum absolute atomic E-state index is 0. The van der Waals surface area contributed by atoms with Gasteiger partial charge in [0.15, 0.2) is 0 Å². The van der Waals surface area contributed by atoms with Gasteiger partial charge in [-0.15, -0.1) is 25.7 Å². The Balaban J connectivity index is -0.0000000594. The van der Waals surface area contributed by atoms with Gasteiger partial charge in [0.05, 0.1) is 0 Å². The van der Waals surface area contributed by atoms with Crippen molar-refractivity contribution in [3.63, 3.8) is 0 Å². The Morgan fingerprint density at radius 2 is 0.434 bits per heavy atom. The number of halogens is 4. The second kappa shape index (κ2) is 72.4. The maximum absolute atomic E-state index is 3.42. The summed E-state index contributed by atoms with van der Waals surface area (Å²) in [6, 6.07) is 0. The molecule has 4 radical (unpaired) electrons. The summed E-state index contributed by atoms with van der Waals surface area (Å²) in [7, 11) is 7.95. The predicted molar refractivity (Wildman–Crippen MR) is 329 cm³/mol. The molecule has 76 heavy (non-hydrogen) atoms. The molecule has 0 N–H and O–H groups in total. The van der Waals surface area contributed by atoms with Gasteiger partial charge in [-0.2, -0.15) is 113 Å². The topological polar surface area (TPSA) is 0 Å². The molecule has 16 heteroatoms. The van der Waals surface area contributed by atoms with Gasteiger partial charge in [0.1, 0.15) is 29.1 Å². The summed E-state index contributed by atoms with van der Waals surface area (Å²) in [4.78, 5) is 0. The van der Waals surface area contributed by atoms with Crippen molar-refractivity contribution in [1.29, 1.82) is 0 Å². The molecule has 0 fully saturated rings. The van der Waals surface area contributed by atoms with Crippen molar-refractivity contribution in [1.82, 2.24) is 0 Å². The molecule has 4 aromatic heterocycles. The zero-order valence-electron chi connectivity index (χ0n) is 51.4. The predicted octanol–water partition coefficient (Wildman–Crippen LogP) is 8.12. The van der Waals surface area contributed by atoms with Crippen molar-refractivity contribution < 1.29 is 136 Å². The molecule has 4 unspecified atom stereocenters. The molecule has 4 heterocycles. The number of hydrogen-bond acceptors (Lipinski definition) is 0. The van der Waals surface area contributed by atoms with Crippen LogP contribution in [0.4, 0.5) is 0 Å². The minimum atomic E-state index is -0.0123. The molecule has 8 rings (SSSR count). The smallest absolute Gasteiger partial charge is 1.00 e. The van der Waals surface area contributed by atoms with Gasteiger partial charge in [0, 0.05) is 0 Å². The van der Waals surface area contributed by atoms with Crippen LogP contribution in [0.2, 0.25) is 54.6 Å². The molecular weight excluding hydrogens is 1220 g/mol. The van der Waals surface area contributed by atoms with Gasteiger partial charge in [-0.3, -0.25) is 54.4 Å². The third-order valence-corrected chi connectivity index (χ3v) is 18.2. The van der Waals surface area contributed by atoms with E-state index in [1.54, 1.807) is 21.2 Å². The van der Waals surface area contributed by atoms with Crippen molar-refractivity contribution in [3.8, 4) is 0 Å². The zero-order valence-corrected chi connectivity index (χ0v) is 64.2. The Morgan fingerprint density at radius 3 is 0.461 bits per heavy atom. The number of rotatable bonds is 0. The standard InChI is InChI=1S/4C8H12P.4C5H5.4C2H6B.4ClH.4Ti/c4*1-6-5-9(4)8(3)7(6)2;4*1-2-4-5-3-1;4*1-3-2;;;;;;;;/h4*1-4H3;4*1-3H,4H2;4*1-2H3;4*1H;;;;/q8*-1;;;;;;;;;4*+2/p-4. The molecule has 0 saturated heterocycles. The molecule has 0 nitrogen and oxygen atoms in total. The van der Waals surface area contributed by atoms with E-state index in [0.29, 0.717) is 0 Å². The summed E-state index contributed by atoms with van der Waals surface area (Å²) < 4.78 is 0. The van der Waals surface area contributed by atoms with Crippen molar-refractivity contribution in [2.45, 2.75) is 163 Å². The van der Waals surface area contributed by atoms with E-state index in [0.717, 1.165) is 25.7 Å². The average molecular weight is 1310 g/mol. The van der Waals surface area contributed by atoms with Gasteiger partial charge in [-0.25, -0.2) is 48.6 Å². The molecule has 412 valence electrons. The number of allylic oxidation sites excluding steroid dienone is 16. The first-order valence-electron chi connectivity index (χ1n) is 24.1. The van der Waals surface area contributed by atoms with Crippen LogP contribution in [0.15, 0.2) is 72.9 Å². The fourth-order valence-corrected chi connectivity index (χ4v) is 11.2. The van der Waals surface area contributed by atoms with Crippen LogP contribution in [0.1, 0.15) is 91.4 Å². The fraction of sp³-hybridized carbons (Fsp3) is 0.467. The minimum Gasteiger partial charge on any atom is -1.00 e. The van der Waals surface area contributed by atoms with Gasteiger partial charge < -0.3 is 49.6 Å². The molecular formula is C60H92B4Cl4P4Ti4-4. The first-order valence-corrected chi connectivity index (χ1v) is 31.2. The molecule has 0 bridgehead atoms. The van der Waals surface area contributed by atoms with E-state index in [1.807, 2.05) is 132 Å².